The minimum Gasteiger partial charge on any atom is -0.321 e. The highest BCUT2D eigenvalue weighted by Gasteiger charge is 2.32. The van der Waals surface area contributed by atoms with Gasteiger partial charge in [0, 0.05) is 5.54 Å². The maximum Gasteiger partial charge on any atom is 0.0410 e. The monoisotopic (exact) mass is 267 g/mol. The maximum absolute atomic E-state index is 6.73. The van der Waals surface area contributed by atoms with Gasteiger partial charge in [-0.05, 0) is 54.0 Å². The smallest absolute Gasteiger partial charge is 0.0410 e. The van der Waals surface area contributed by atoms with E-state index in [0.717, 1.165) is 18.8 Å². The molecule has 1 heteroatoms. The molecule has 2 aromatic carbocycles. The number of nitrogens with two attached hydrogens (primary N) is 1. The second-order valence-electron chi connectivity index (χ2n) is 6.45. The lowest BCUT2D eigenvalue weighted by atomic mass is 9.72. The average molecular weight is 267 g/mol. The Balaban J connectivity index is 1.83. The van der Waals surface area contributed by atoms with Crippen molar-refractivity contribution in [2.24, 2.45) is 11.7 Å². The van der Waals surface area contributed by atoms with Crippen molar-refractivity contribution >= 4 is 10.8 Å². The van der Waals surface area contributed by atoms with Gasteiger partial charge in [0.05, 0.1) is 0 Å². The SMILES string of the molecule is CCCC1CCC(N)(c2ccc3ccccc3c2)CC1. The van der Waals surface area contributed by atoms with E-state index in [1.165, 1.54) is 42.0 Å². The zero-order valence-corrected chi connectivity index (χ0v) is 12.4. The zero-order chi connectivity index (χ0) is 14.0. The summed E-state index contributed by atoms with van der Waals surface area (Å²) in [5, 5.41) is 2.62. The van der Waals surface area contributed by atoms with Gasteiger partial charge in [0.15, 0.2) is 0 Å². The van der Waals surface area contributed by atoms with Crippen molar-refractivity contribution in [1.29, 1.82) is 0 Å². The molecule has 0 spiro atoms. The number of rotatable bonds is 3. The van der Waals surface area contributed by atoms with Crippen LogP contribution in [0.2, 0.25) is 0 Å². The van der Waals surface area contributed by atoms with Crippen LogP contribution in [0.3, 0.4) is 0 Å². The van der Waals surface area contributed by atoms with Crippen molar-refractivity contribution in [1.82, 2.24) is 0 Å². The summed E-state index contributed by atoms with van der Waals surface area (Å²) in [6.45, 7) is 2.29. The first-order chi connectivity index (χ1) is 9.71. The van der Waals surface area contributed by atoms with Crippen molar-refractivity contribution < 1.29 is 0 Å². The zero-order valence-electron chi connectivity index (χ0n) is 12.4. The van der Waals surface area contributed by atoms with E-state index in [0.29, 0.717) is 0 Å². The van der Waals surface area contributed by atoms with Gasteiger partial charge in [0.2, 0.25) is 0 Å². The van der Waals surface area contributed by atoms with Gasteiger partial charge in [-0.1, -0.05) is 56.2 Å². The van der Waals surface area contributed by atoms with Crippen LogP contribution in [-0.4, -0.2) is 0 Å². The molecule has 1 nitrogen and oxygen atoms in total. The lowest BCUT2D eigenvalue weighted by Gasteiger charge is -2.38. The van der Waals surface area contributed by atoms with Crippen molar-refractivity contribution in [2.45, 2.75) is 51.0 Å². The van der Waals surface area contributed by atoms with Gasteiger partial charge in [0.25, 0.3) is 0 Å². The minimum absolute atomic E-state index is 0.103. The van der Waals surface area contributed by atoms with Crippen LogP contribution in [-0.2, 0) is 5.54 Å². The fourth-order valence-electron chi connectivity index (χ4n) is 3.68. The standard InChI is InChI=1S/C19H25N/c1-2-5-15-10-12-19(20,13-11-15)18-9-8-16-6-3-4-7-17(16)14-18/h3-4,6-9,14-15H,2,5,10-13,20H2,1H3. The quantitative estimate of drug-likeness (QED) is 0.833. The Morgan fingerprint density at radius 2 is 1.75 bits per heavy atom. The van der Waals surface area contributed by atoms with Crippen molar-refractivity contribution in [3.05, 3.63) is 48.0 Å². The molecule has 0 bridgehead atoms. The van der Waals surface area contributed by atoms with E-state index in [2.05, 4.69) is 49.4 Å². The van der Waals surface area contributed by atoms with Gasteiger partial charge in [-0.2, -0.15) is 0 Å². The fourth-order valence-corrected chi connectivity index (χ4v) is 3.68. The summed E-state index contributed by atoms with van der Waals surface area (Å²) in [4.78, 5) is 0. The van der Waals surface area contributed by atoms with E-state index in [-0.39, 0.29) is 5.54 Å². The van der Waals surface area contributed by atoms with E-state index in [9.17, 15) is 0 Å². The second-order valence-corrected chi connectivity index (χ2v) is 6.45. The molecular weight excluding hydrogens is 242 g/mol. The van der Waals surface area contributed by atoms with E-state index in [1.54, 1.807) is 0 Å². The van der Waals surface area contributed by atoms with Gasteiger partial charge in [0.1, 0.15) is 0 Å². The molecular formula is C19H25N. The Labute approximate surface area is 122 Å². The number of hydrogen-bond acceptors (Lipinski definition) is 1. The van der Waals surface area contributed by atoms with Crippen LogP contribution in [0, 0.1) is 5.92 Å². The van der Waals surface area contributed by atoms with Gasteiger partial charge < -0.3 is 5.73 Å². The molecule has 2 aromatic rings. The third kappa shape index (κ3) is 2.60. The molecule has 1 aliphatic rings. The molecule has 1 fully saturated rings. The first kappa shape index (κ1) is 13.6. The predicted molar refractivity (Wildman–Crippen MR) is 86.7 cm³/mol. The van der Waals surface area contributed by atoms with Gasteiger partial charge in [-0.25, -0.2) is 0 Å². The number of hydrogen-bond donors (Lipinski definition) is 1. The highest BCUT2D eigenvalue weighted by Crippen LogP contribution is 2.39. The Morgan fingerprint density at radius 3 is 2.45 bits per heavy atom. The minimum atomic E-state index is -0.103. The van der Waals surface area contributed by atoms with E-state index < -0.39 is 0 Å². The lowest BCUT2D eigenvalue weighted by Crippen LogP contribution is -2.40. The predicted octanol–water partition coefficient (Wildman–Crippen LogP) is 4.98. The molecule has 106 valence electrons. The largest absolute Gasteiger partial charge is 0.321 e. The van der Waals surface area contributed by atoms with Crippen LogP contribution in [0.4, 0.5) is 0 Å². The summed E-state index contributed by atoms with van der Waals surface area (Å²) in [6.07, 6.45) is 7.52. The van der Waals surface area contributed by atoms with Gasteiger partial charge in [-0.3, -0.25) is 0 Å². The van der Waals surface area contributed by atoms with Crippen LogP contribution < -0.4 is 5.73 Å². The molecule has 20 heavy (non-hydrogen) atoms. The fraction of sp³-hybridized carbons (Fsp3) is 0.474. The van der Waals surface area contributed by atoms with Gasteiger partial charge in [-0.15, -0.1) is 0 Å². The molecule has 0 radical (unpaired) electrons. The van der Waals surface area contributed by atoms with Crippen molar-refractivity contribution in [3.63, 3.8) is 0 Å². The molecule has 1 aliphatic carbocycles. The molecule has 2 N–H and O–H groups in total. The van der Waals surface area contributed by atoms with Crippen LogP contribution in [0.1, 0.15) is 51.0 Å². The topological polar surface area (TPSA) is 26.0 Å². The molecule has 3 rings (SSSR count). The molecule has 0 atom stereocenters. The lowest BCUT2D eigenvalue weighted by molar-refractivity contribution is 0.226. The van der Waals surface area contributed by atoms with Crippen LogP contribution in [0.25, 0.3) is 10.8 Å². The third-order valence-corrected chi connectivity index (χ3v) is 5.02. The number of benzene rings is 2. The molecule has 0 aliphatic heterocycles. The highest BCUT2D eigenvalue weighted by atomic mass is 14.7. The van der Waals surface area contributed by atoms with E-state index in [1.807, 2.05) is 0 Å². The maximum atomic E-state index is 6.73. The highest BCUT2D eigenvalue weighted by molar-refractivity contribution is 5.83. The summed E-state index contributed by atoms with van der Waals surface area (Å²) in [7, 11) is 0. The Hall–Kier alpha value is -1.34. The van der Waals surface area contributed by atoms with Gasteiger partial charge >= 0.3 is 0 Å². The average Bonchev–Trinajstić information content (AvgIpc) is 2.49. The first-order valence-electron chi connectivity index (χ1n) is 7.99. The molecule has 0 amide bonds. The Kier molecular flexibility index (Phi) is 3.80. The number of fused-ring (bicyclic) bond motifs is 1. The molecule has 0 heterocycles. The Bertz CT molecular complexity index is 579. The van der Waals surface area contributed by atoms with E-state index in [4.69, 9.17) is 5.73 Å². The second kappa shape index (κ2) is 5.57. The van der Waals surface area contributed by atoms with Crippen LogP contribution in [0.5, 0.6) is 0 Å². The summed E-state index contributed by atoms with van der Waals surface area (Å²) in [6, 6.07) is 15.3. The normalized spacial score (nSPS) is 26.8. The molecule has 0 unspecified atom stereocenters. The molecule has 1 saturated carbocycles. The summed E-state index contributed by atoms with van der Waals surface area (Å²) >= 11 is 0. The summed E-state index contributed by atoms with van der Waals surface area (Å²) in [5.74, 6) is 0.900. The van der Waals surface area contributed by atoms with Crippen molar-refractivity contribution in [3.8, 4) is 0 Å². The summed E-state index contributed by atoms with van der Waals surface area (Å²) in [5.41, 5.74) is 7.95. The van der Waals surface area contributed by atoms with Crippen molar-refractivity contribution in [2.75, 3.05) is 0 Å². The third-order valence-electron chi connectivity index (χ3n) is 5.02. The Morgan fingerprint density at radius 1 is 1.05 bits per heavy atom. The van der Waals surface area contributed by atoms with Crippen LogP contribution in [0.15, 0.2) is 42.5 Å². The summed E-state index contributed by atoms with van der Waals surface area (Å²) < 4.78 is 0. The molecule has 0 aromatic heterocycles. The van der Waals surface area contributed by atoms with Crippen LogP contribution >= 0.6 is 0 Å². The van der Waals surface area contributed by atoms with E-state index >= 15 is 0 Å². The first-order valence-corrected chi connectivity index (χ1v) is 7.99. The molecule has 0 saturated heterocycles.